The molecule has 2 aromatic rings. The predicted octanol–water partition coefficient (Wildman–Crippen LogP) is 3.95. The Morgan fingerprint density at radius 3 is 2.52 bits per heavy atom. The van der Waals surface area contributed by atoms with Crippen LogP contribution >= 0.6 is 0 Å². The van der Waals surface area contributed by atoms with Crippen molar-refractivity contribution < 1.29 is 18.7 Å². The molecule has 0 spiro atoms. The van der Waals surface area contributed by atoms with Crippen molar-refractivity contribution in [2.24, 2.45) is 0 Å². The summed E-state index contributed by atoms with van der Waals surface area (Å²) >= 11 is 0. The average molecular weight is 343 g/mol. The van der Waals surface area contributed by atoms with E-state index in [-0.39, 0.29) is 17.5 Å². The lowest BCUT2D eigenvalue weighted by atomic mass is 10.0. The summed E-state index contributed by atoms with van der Waals surface area (Å²) in [5, 5.41) is 2.87. The second-order valence-corrected chi connectivity index (χ2v) is 5.86. The van der Waals surface area contributed by atoms with Crippen molar-refractivity contribution in [3.63, 3.8) is 0 Å². The van der Waals surface area contributed by atoms with Gasteiger partial charge in [-0.25, -0.2) is 9.18 Å². The number of hydrogen-bond donors (Lipinski definition) is 1. The Hall–Kier alpha value is -2.69. The van der Waals surface area contributed by atoms with Gasteiger partial charge in [-0.2, -0.15) is 0 Å². The van der Waals surface area contributed by atoms with Gasteiger partial charge in [0.05, 0.1) is 11.6 Å². The van der Waals surface area contributed by atoms with Gasteiger partial charge in [0.15, 0.2) is 6.61 Å². The molecule has 0 aliphatic rings. The Morgan fingerprint density at radius 2 is 1.88 bits per heavy atom. The summed E-state index contributed by atoms with van der Waals surface area (Å²) in [7, 11) is 0. The molecule has 2 rings (SSSR count). The van der Waals surface area contributed by atoms with E-state index in [0.29, 0.717) is 5.56 Å². The summed E-state index contributed by atoms with van der Waals surface area (Å²) in [5.74, 6) is -1.59. The molecule has 5 heteroatoms. The summed E-state index contributed by atoms with van der Waals surface area (Å²) in [5.41, 5.74) is 1.54. The number of carbonyl (C=O) groups is 2. The molecule has 132 valence electrons. The number of halogens is 1. The van der Waals surface area contributed by atoms with Gasteiger partial charge in [-0.15, -0.1) is 0 Å². The summed E-state index contributed by atoms with van der Waals surface area (Å²) in [4.78, 5) is 24.0. The molecule has 0 heterocycles. The minimum atomic E-state index is -0.721. The highest BCUT2D eigenvalue weighted by atomic mass is 19.1. The Balaban J connectivity index is 1.92. The number of benzene rings is 2. The highest BCUT2D eigenvalue weighted by molar-refractivity contribution is 5.91. The van der Waals surface area contributed by atoms with E-state index in [2.05, 4.69) is 5.32 Å². The standard InChI is InChI=1S/C20H22FNO3/c1-3-7-18(15-8-5-4-6-9-15)22-19(23)13-25-20(24)16-11-10-14(2)17(21)12-16/h4-6,8-12,18H,3,7,13H2,1-2H3,(H,22,23)/t18-/m1/s1. The lowest BCUT2D eigenvalue weighted by Gasteiger charge is -2.18. The minimum absolute atomic E-state index is 0.0871. The van der Waals surface area contributed by atoms with E-state index in [1.54, 1.807) is 6.92 Å². The first kappa shape index (κ1) is 18.6. The lowest BCUT2D eigenvalue weighted by Crippen LogP contribution is -2.32. The van der Waals surface area contributed by atoms with Crippen LogP contribution < -0.4 is 5.32 Å². The third-order valence-corrected chi connectivity index (χ3v) is 3.86. The molecule has 0 aliphatic carbocycles. The molecule has 25 heavy (non-hydrogen) atoms. The van der Waals surface area contributed by atoms with E-state index in [1.165, 1.54) is 12.1 Å². The van der Waals surface area contributed by atoms with E-state index in [9.17, 15) is 14.0 Å². The zero-order valence-electron chi connectivity index (χ0n) is 14.4. The molecule has 0 aromatic heterocycles. The number of nitrogens with one attached hydrogen (secondary N) is 1. The summed E-state index contributed by atoms with van der Waals surface area (Å²) in [6.45, 7) is 3.24. The van der Waals surface area contributed by atoms with Gasteiger partial charge in [0.2, 0.25) is 0 Å². The first-order valence-electron chi connectivity index (χ1n) is 8.29. The summed E-state index contributed by atoms with van der Waals surface area (Å²) < 4.78 is 18.5. The Bertz CT molecular complexity index is 731. The maximum atomic E-state index is 13.5. The van der Waals surface area contributed by atoms with Crippen molar-refractivity contribution in [1.29, 1.82) is 0 Å². The molecule has 0 bridgehead atoms. The zero-order valence-corrected chi connectivity index (χ0v) is 14.4. The molecule has 0 radical (unpaired) electrons. The molecule has 0 unspecified atom stereocenters. The average Bonchev–Trinajstić information content (AvgIpc) is 2.62. The van der Waals surface area contributed by atoms with E-state index in [1.807, 2.05) is 37.3 Å². The number of esters is 1. The number of hydrogen-bond acceptors (Lipinski definition) is 3. The predicted molar refractivity (Wildman–Crippen MR) is 93.7 cm³/mol. The second-order valence-electron chi connectivity index (χ2n) is 5.86. The first-order chi connectivity index (χ1) is 12.0. The van der Waals surface area contributed by atoms with Crippen LogP contribution in [0.3, 0.4) is 0 Å². The van der Waals surface area contributed by atoms with Gasteiger partial charge in [-0.3, -0.25) is 4.79 Å². The van der Waals surface area contributed by atoms with Gasteiger partial charge in [-0.05, 0) is 36.6 Å². The van der Waals surface area contributed by atoms with Crippen LogP contribution in [0.4, 0.5) is 4.39 Å². The van der Waals surface area contributed by atoms with Gasteiger partial charge in [0, 0.05) is 0 Å². The van der Waals surface area contributed by atoms with Crippen molar-refractivity contribution in [2.75, 3.05) is 6.61 Å². The van der Waals surface area contributed by atoms with Crippen LogP contribution in [0.15, 0.2) is 48.5 Å². The van der Waals surface area contributed by atoms with Crippen LogP contribution in [-0.2, 0) is 9.53 Å². The number of ether oxygens (including phenoxy) is 1. The van der Waals surface area contributed by atoms with Gasteiger partial charge < -0.3 is 10.1 Å². The molecular weight excluding hydrogens is 321 g/mol. The molecule has 0 saturated carbocycles. The Morgan fingerprint density at radius 1 is 1.16 bits per heavy atom. The van der Waals surface area contributed by atoms with Gasteiger partial charge >= 0.3 is 5.97 Å². The molecule has 0 aliphatic heterocycles. The lowest BCUT2D eigenvalue weighted by molar-refractivity contribution is -0.125. The molecule has 2 aromatic carbocycles. The maximum absolute atomic E-state index is 13.5. The summed E-state index contributed by atoms with van der Waals surface area (Å²) in [6, 6.07) is 13.6. The van der Waals surface area contributed by atoms with Crippen molar-refractivity contribution in [2.45, 2.75) is 32.7 Å². The van der Waals surface area contributed by atoms with E-state index in [0.717, 1.165) is 24.5 Å². The molecule has 0 saturated heterocycles. The van der Waals surface area contributed by atoms with Crippen molar-refractivity contribution >= 4 is 11.9 Å². The quantitative estimate of drug-likeness (QED) is 0.775. The van der Waals surface area contributed by atoms with Crippen LogP contribution in [0.1, 0.15) is 47.3 Å². The van der Waals surface area contributed by atoms with E-state index < -0.39 is 18.4 Å². The normalized spacial score (nSPS) is 11.6. The topological polar surface area (TPSA) is 55.4 Å². The van der Waals surface area contributed by atoms with Crippen LogP contribution in [0, 0.1) is 12.7 Å². The molecule has 1 atom stereocenters. The van der Waals surface area contributed by atoms with Crippen molar-refractivity contribution in [1.82, 2.24) is 5.32 Å². The molecule has 0 fully saturated rings. The highest BCUT2D eigenvalue weighted by Gasteiger charge is 2.16. The maximum Gasteiger partial charge on any atom is 0.338 e. The molecule has 4 nitrogen and oxygen atoms in total. The third-order valence-electron chi connectivity index (χ3n) is 3.86. The largest absolute Gasteiger partial charge is 0.452 e. The number of aryl methyl sites for hydroxylation is 1. The van der Waals surface area contributed by atoms with Crippen LogP contribution in [0.5, 0.6) is 0 Å². The Labute approximate surface area is 147 Å². The first-order valence-corrected chi connectivity index (χ1v) is 8.29. The third kappa shape index (κ3) is 5.41. The van der Waals surface area contributed by atoms with Gasteiger partial charge in [-0.1, -0.05) is 49.7 Å². The zero-order chi connectivity index (χ0) is 18.2. The SMILES string of the molecule is CCC[C@@H](NC(=O)COC(=O)c1ccc(C)c(F)c1)c1ccccc1. The highest BCUT2D eigenvalue weighted by Crippen LogP contribution is 2.18. The number of carbonyl (C=O) groups excluding carboxylic acids is 2. The van der Waals surface area contributed by atoms with Crippen molar-refractivity contribution in [3.05, 3.63) is 71.0 Å². The van der Waals surface area contributed by atoms with Crippen LogP contribution in [-0.4, -0.2) is 18.5 Å². The van der Waals surface area contributed by atoms with E-state index >= 15 is 0 Å². The fraction of sp³-hybridized carbons (Fsp3) is 0.300. The molecule has 1 amide bonds. The number of amides is 1. The fourth-order valence-corrected chi connectivity index (χ4v) is 2.47. The van der Waals surface area contributed by atoms with Gasteiger partial charge in [0.25, 0.3) is 5.91 Å². The van der Waals surface area contributed by atoms with E-state index in [4.69, 9.17) is 4.74 Å². The van der Waals surface area contributed by atoms with Gasteiger partial charge in [0.1, 0.15) is 5.82 Å². The minimum Gasteiger partial charge on any atom is -0.452 e. The number of rotatable bonds is 7. The smallest absolute Gasteiger partial charge is 0.338 e. The monoisotopic (exact) mass is 343 g/mol. The Kier molecular flexibility index (Phi) is 6.69. The second kappa shape index (κ2) is 8.97. The molecule has 1 N–H and O–H groups in total. The van der Waals surface area contributed by atoms with Crippen molar-refractivity contribution in [3.8, 4) is 0 Å². The molecular formula is C20H22FNO3. The summed E-state index contributed by atoms with van der Waals surface area (Å²) in [6.07, 6.45) is 1.69. The van der Waals surface area contributed by atoms with Crippen LogP contribution in [0.2, 0.25) is 0 Å². The fourth-order valence-electron chi connectivity index (χ4n) is 2.47. The van der Waals surface area contributed by atoms with Crippen LogP contribution in [0.25, 0.3) is 0 Å².